The van der Waals surface area contributed by atoms with Crippen molar-refractivity contribution in [1.29, 1.82) is 0 Å². The highest BCUT2D eigenvalue weighted by molar-refractivity contribution is 7.80. The van der Waals surface area contributed by atoms with E-state index >= 15 is 0 Å². The van der Waals surface area contributed by atoms with E-state index in [1.54, 1.807) is 18.2 Å². The number of amides is 1. The average molecular weight is 504 g/mol. The third kappa shape index (κ3) is 5.18. The lowest BCUT2D eigenvalue weighted by molar-refractivity contribution is 0.0971. The summed E-state index contributed by atoms with van der Waals surface area (Å²) in [6.07, 6.45) is 1.06. The van der Waals surface area contributed by atoms with Crippen molar-refractivity contribution in [2.24, 2.45) is 0 Å². The molecule has 0 saturated carbocycles. The molecule has 186 valence electrons. The summed E-state index contributed by atoms with van der Waals surface area (Å²) < 4.78 is 16.7. The van der Waals surface area contributed by atoms with Crippen LogP contribution < -0.4 is 20.1 Å². The normalized spacial score (nSPS) is 11.7. The lowest BCUT2D eigenvalue weighted by atomic mass is 9.98. The van der Waals surface area contributed by atoms with Crippen LogP contribution in [0.1, 0.15) is 47.7 Å². The largest absolute Gasteiger partial charge is 0.496 e. The minimum Gasteiger partial charge on any atom is -0.496 e. The summed E-state index contributed by atoms with van der Waals surface area (Å²) in [5.74, 6) is 1.31. The molecule has 1 heterocycles. The zero-order valence-electron chi connectivity index (χ0n) is 21.0. The van der Waals surface area contributed by atoms with Crippen LogP contribution in [0.4, 0.5) is 5.69 Å². The third-order valence-corrected chi connectivity index (χ3v) is 6.41. The van der Waals surface area contributed by atoms with E-state index in [9.17, 15) is 4.79 Å². The fourth-order valence-electron chi connectivity index (χ4n) is 3.89. The number of hydrogen-bond acceptors (Lipinski definition) is 6. The molecule has 0 aliphatic carbocycles. The van der Waals surface area contributed by atoms with Gasteiger partial charge in [-0.1, -0.05) is 32.0 Å². The second kappa shape index (κ2) is 10.8. The number of ether oxygens (including phenoxy) is 2. The van der Waals surface area contributed by atoms with Crippen LogP contribution in [-0.2, 0) is 0 Å². The van der Waals surface area contributed by atoms with E-state index in [1.807, 2.05) is 31.2 Å². The molecule has 0 aliphatic heterocycles. The van der Waals surface area contributed by atoms with E-state index in [2.05, 4.69) is 36.6 Å². The van der Waals surface area contributed by atoms with Crippen LogP contribution >= 0.6 is 12.2 Å². The van der Waals surface area contributed by atoms with E-state index in [4.69, 9.17) is 31.1 Å². The molecule has 0 aliphatic rings. The summed E-state index contributed by atoms with van der Waals surface area (Å²) in [7, 11) is 2.99. The maximum absolute atomic E-state index is 13.0. The van der Waals surface area contributed by atoms with Gasteiger partial charge in [-0.25, -0.2) is 4.98 Å². The first-order chi connectivity index (χ1) is 17.3. The van der Waals surface area contributed by atoms with E-state index in [1.165, 1.54) is 19.8 Å². The first-order valence-corrected chi connectivity index (χ1v) is 12.1. The van der Waals surface area contributed by atoms with Gasteiger partial charge in [-0.05, 0) is 79.0 Å². The molecule has 1 unspecified atom stereocenters. The Kier molecular flexibility index (Phi) is 7.55. The third-order valence-electron chi connectivity index (χ3n) is 6.21. The standard InChI is InChI=1S/C28H29N3O4S/c1-6-16(2)18-12-13-22-21(14-18)29-27(35-22)19-11-10-17(3)20(15-19)30-28(36)31-26(32)25-23(33-4)8-7-9-24(25)34-5/h7-16H,6H2,1-5H3,(H2,30,31,32,36). The Labute approximate surface area is 215 Å². The average Bonchev–Trinajstić information content (AvgIpc) is 3.32. The molecule has 1 atom stereocenters. The number of nitrogens with one attached hydrogen (secondary N) is 2. The van der Waals surface area contributed by atoms with Crippen LogP contribution in [0.3, 0.4) is 0 Å². The van der Waals surface area contributed by atoms with Gasteiger partial charge in [0.25, 0.3) is 5.91 Å². The number of anilines is 1. The van der Waals surface area contributed by atoms with Crippen LogP contribution in [0.2, 0.25) is 0 Å². The second-order valence-electron chi connectivity index (χ2n) is 8.53. The van der Waals surface area contributed by atoms with Crippen molar-refractivity contribution in [2.45, 2.75) is 33.1 Å². The number of thiocarbonyl (C=S) groups is 1. The van der Waals surface area contributed by atoms with E-state index in [0.29, 0.717) is 23.3 Å². The van der Waals surface area contributed by atoms with Gasteiger partial charge in [-0.3, -0.25) is 10.1 Å². The number of methoxy groups -OCH3 is 2. The predicted octanol–water partition coefficient (Wildman–Crippen LogP) is 6.46. The zero-order chi connectivity index (χ0) is 25.8. The molecule has 4 aromatic rings. The summed E-state index contributed by atoms with van der Waals surface area (Å²) in [5, 5.41) is 5.96. The Bertz CT molecular complexity index is 1410. The number of hydrogen-bond donors (Lipinski definition) is 2. The maximum atomic E-state index is 13.0. The Hall–Kier alpha value is -3.91. The van der Waals surface area contributed by atoms with Crippen molar-refractivity contribution >= 4 is 40.0 Å². The molecule has 1 aromatic heterocycles. The quantitative estimate of drug-likeness (QED) is 0.280. The van der Waals surface area contributed by atoms with Crippen molar-refractivity contribution in [3.8, 4) is 23.0 Å². The molecule has 0 radical (unpaired) electrons. The minimum atomic E-state index is -0.438. The highest BCUT2D eigenvalue weighted by atomic mass is 32.1. The van der Waals surface area contributed by atoms with Gasteiger partial charge in [0.05, 0.1) is 14.2 Å². The van der Waals surface area contributed by atoms with Crippen molar-refractivity contribution in [3.05, 3.63) is 71.3 Å². The molecule has 1 amide bonds. The summed E-state index contributed by atoms with van der Waals surface area (Å²) in [6, 6.07) is 17.1. The Morgan fingerprint density at radius 1 is 1.08 bits per heavy atom. The van der Waals surface area contributed by atoms with Crippen molar-refractivity contribution in [3.63, 3.8) is 0 Å². The number of fused-ring (bicyclic) bond motifs is 1. The van der Waals surface area contributed by atoms with E-state index in [-0.39, 0.29) is 10.7 Å². The molecule has 2 N–H and O–H groups in total. The lowest BCUT2D eigenvalue weighted by Crippen LogP contribution is -2.34. The Morgan fingerprint density at radius 3 is 2.47 bits per heavy atom. The highest BCUT2D eigenvalue weighted by Gasteiger charge is 2.20. The summed E-state index contributed by atoms with van der Waals surface area (Å²) in [4.78, 5) is 17.7. The summed E-state index contributed by atoms with van der Waals surface area (Å²) >= 11 is 5.43. The Balaban J connectivity index is 1.55. The molecule has 0 bridgehead atoms. The number of carbonyl (C=O) groups is 1. The van der Waals surface area contributed by atoms with Crippen LogP contribution in [0, 0.1) is 6.92 Å². The number of benzene rings is 3. The number of aryl methyl sites for hydroxylation is 1. The smallest absolute Gasteiger partial charge is 0.264 e. The Morgan fingerprint density at radius 2 is 1.81 bits per heavy atom. The topological polar surface area (TPSA) is 85.6 Å². The van der Waals surface area contributed by atoms with Gasteiger partial charge in [-0.15, -0.1) is 0 Å². The van der Waals surface area contributed by atoms with Gasteiger partial charge in [0, 0.05) is 11.3 Å². The van der Waals surface area contributed by atoms with Gasteiger partial charge >= 0.3 is 0 Å². The minimum absolute atomic E-state index is 0.143. The van der Waals surface area contributed by atoms with Crippen molar-refractivity contribution in [2.75, 3.05) is 19.5 Å². The number of aromatic nitrogens is 1. The molecule has 3 aromatic carbocycles. The van der Waals surface area contributed by atoms with Gasteiger partial charge in [0.15, 0.2) is 10.7 Å². The van der Waals surface area contributed by atoms with Crippen molar-refractivity contribution in [1.82, 2.24) is 10.3 Å². The summed E-state index contributed by atoms with van der Waals surface area (Å²) in [6.45, 7) is 6.32. The fourth-order valence-corrected chi connectivity index (χ4v) is 4.10. The monoisotopic (exact) mass is 503 g/mol. The van der Waals surface area contributed by atoms with Crippen LogP contribution in [0.5, 0.6) is 11.5 Å². The molecule has 4 rings (SSSR count). The number of oxazole rings is 1. The van der Waals surface area contributed by atoms with Gasteiger partial charge in [0.2, 0.25) is 5.89 Å². The fraction of sp³-hybridized carbons (Fsp3) is 0.250. The second-order valence-corrected chi connectivity index (χ2v) is 8.94. The molecular formula is C28H29N3O4S. The predicted molar refractivity (Wildman–Crippen MR) is 146 cm³/mol. The van der Waals surface area contributed by atoms with Gasteiger partial charge in [0.1, 0.15) is 22.6 Å². The molecule has 36 heavy (non-hydrogen) atoms. The van der Waals surface area contributed by atoms with Crippen LogP contribution in [0.25, 0.3) is 22.6 Å². The molecule has 0 spiro atoms. The number of carbonyl (C=O) groups excluding carboxylic acids is 1. The maximum Gasteiger partial charge on any atom is 0.264 e. The lowest BCUT2D eigenvalue weighted by Gasteiger charge is -2.15. The molecule has 8 heteroatoms. The first kappa shape index (κ1) is 25.2. The first-order valence-electron chi connectivity index (χ1n) is 11.7. The molecular weight excluding hydrogens is 474 g/mol. The van der Waals surface area contributed by atoms with E-state index in [0.717, 1.165) is 34.3 Å². The van der Waals surface area contributed by atoms with Crippen LogP contribution in [0.15, 0.2) is 59.0 Å². The number of rotatable bonds is 7. The number of nitrogens with zero attached hydrogens (tertiary/aromatic N) is 1. The molecule has 0 fully saturated rings. The SMILES string of the molecule is CCC(C)c1ccc2oc(-c3ccc(C)c(NC(=S)NC(=O)c4c(OC)cccc4OC)c3)nc2c1. The van der Waals surface area contributed by atoms with Gasteiger partial charge < -0.3 is 19.2 Å². The van der Waals surface area contributed by atoms with Crippen molar-refractivity contribution < 1.29 is 18.7 Å². The zero-order valence-corrected chi connectivity index (χ0v) is 21.8. The summed E-state index contributed by atoms with van der Waals surface area (Å²) in [5.41, 5.74) is 5.54. The van der Waals surface area contributed by atoms with Gasteiger partial charge in [-0.2, -0.15) is 0 Å². The highest BCUT2D eigenvalue weighted by Crippen LogP contribution is 2.31. The molecule has 0 saturated heterocycles. The van der Waals surface area contributed by atoms with E-state index < -0.39 is 5.91 Å². The van der Waals surface area contributed by atoms with Crippen LogP contribution in [-0.4, -0.2) is 30.2 Å². The molecule has 7 nitrogen and oxygen atoms in total.